The van der Waals surface area contributed by atoms with Crippen LogP contribution in [0.2, 0.25) is 0 Å². The summed E-state index contributed by atoms with van der Waals surface area (Å²) in [7, 11) is 0. The highest BCUT2D eigenvalue weighted by atomic mass is 16.1. The molecule has 1 aromatic rings. The van der Waals surface area contributed by atoms with Crippen molar-refractivity contribution in [2.24, 2.45) is 11.5 Å². The van der Waals surface area contributed by atoms with E-state index in [2.05, 4.69) is 5.10 Å². The van der Waals surface area contributed by atoms with Crippen molar-refractivity contribution < 1.29 is 4.79 Å². The van der Waals surface area contributed by atoms with E-state index in [0.29, 0.717) is 6.54 Å². The summed E-state index contributed by atoms with van der Waals surface area (Å²) in [4.78, 5) is 11.0. The van der Waals surface area contributed by atoms with Gasteiger partial charge in [0.05, 0.1) is 5.69 Å². The molecule has 1 amide bonds. The summed E-state index contributed by atoms with van der Waals surface area (Å²) in [6, 6.07) is -0.422. The minimum atomic E-state index is -0.422. The molecule has 0 aromatic carbocycles. The Morgan fingerprint density at radius 2 is 2.14 bits per heavy atom. The minimum Gasteiger partial charge on any atom is -0.368 e. The molecule has 0 aliphatic heterocycles. The summed E-state index contributed by atoms with van der Waals surface area (Å²) < 4.78 is 1.62. The van der Waals surface area contributed by atoms with Gasteiger partial charge in [0.25, 0.3) is 0 Å². The van der Waals surface area contributed by atoms with Crippen LogP contribution in [0.25, 0.3) is 0 Å². The topological polar surface area (TPSA) is 86.9 Å². The number of hydrogen-bond acceptors (Lipinski definition) is 3. The van der Waals surface area contributed by atoms with Crippen LogP contribution in [-0.4, -0.2) is 15.7 Å². The Hall–Kier alpha value is -1.36. The van der Waals surface area contributed by atoms with Gasteiger partial charge in [0, 0.05) is 17.8 Å². The van der Waals surface area contributed by atoms with Crippen molar-refractivity contribution in [3.63, 3.8) is 0 Å². The molecule has 0 saturated carbocycles. The number of nitrogens with zero attached hydrogens (tertiary/aromatic N) is 2. The molecular weight excluding hydrogens is 180 g/mol. The predicted octanol–water partition coefficient (Wildman–Crippen LogP) is 0.00494. The number of aryl methyl sites for hydroxylation is 1. The number of hydrogen-bond donors (Lipinski definition) is 2. The van der Waals surface area contributed by atoms with Crippen LogP contribution in [-0.2, 0) is 11.3 Å². The van der Waals surface area contributed by atoms with Gasteiger partial charge in [0.2, 0.25) is 5.91 Å². The number of rotatable bonds is 3. The van der Waals surface area contributed by atoms with Gasteiger partial charge in [0.15, 0.2) is 0 Å². The fourth-order valence-electron chi connectivity index (χ4n) is 1.49. The fraction of sp³-hybridized carbons (Fsp3) is 0.556. The molecule has 14 heavy (non-hydrogen) atoms. The monoisotopic (exact) mass is 196 g/mol. The molecule has 0 aliphatic carbocycles. The third kappa shape index (κ3) is 1.63. The smallest absolute Gasteiger partial charge is 0.242 e. The lowest BCUT2D eigenvalue weighted by molar-refractivity contribution is -0.121. The molecule has 0 radical (unpaired) electrons. The van der Waals surface area contributed by atoms with Gasteiger partial charge in [-0.3, -0.25) is 9.48 Å². The maximum absolute atomic E-state index is 11.0. The largest absolute Gasteiger partial charge is 0.368 e. The predicted molar refractivity (Wildman–Crippen MR) is 53.5 cm³/mol. The standard InChI is InChI=1S/C9H16N4O/c1-5-8(4-10)6(2)13(12-5)7(3)9(11)14/h7H,4,10H2,1-3H3,(H2,11,14). The highest BCUT2D eigenvalue weighted by Crippen LogP contribution is 2.16. The number of carbonyl (C=O) groups is 1. The molecule has 1 aromatic heterocycles. The van der Waals surface area contributed by atoms with Crippen LogP contribution in [0.4, 0.5) is 0 Å². The Bertz CT molecular complexity index is 356. The van der Waals surface area contributed by atoms with E-state index in [1.54, 1.807) is 11.6 Å². The molecule has 5 heteroatoms. The van der Waals surface area contributed by atoms with Gasteiger partial charge in [-0.25, -0.2) is 0 Å². The van der Waals surface area contributed by atoms with Crippen molar-refractivity contribution in [2.45, 2.75) is 33.4 Å². The summed E-state index contributed by atoms with van der Waals surface area (Å²) in [6.45, 7) is 5.92. The molecule has 1 unspecified atom stereocenters. The van der Waals surface area contributed by atoms with Gasteiger partial charge >= 0.3 is 0 Å². The Morgan fingerprint density at radius 1 is 1.57 bits per heavy atom. The van der Waals surface area contributed by atoms with Crippen LogP contribution in [0, 0.1) is 13.8 Å². The molecular formula is C9H16N4O. The SMILES string of the molecule is Cc1nn(C(C)C(N)=O)c(C)c1CN. The highest BCUT2D eigenvalue weighted by molar-refractivity contribution is 5.77. The fourth-order valence-corrected chi connectivity index (χ4v) is 1.49. The second kappa shape index (κ2) is 3.79. The maximum Gasteiger partial charge on any atom is 0.242 e. The first-order chi connectivity index (χ1) is 6.49. The van der Waals surface area contributed by atoms with E-state index in [9.17, 15) is 4.79 Å². The zero-order valence-electron chi connectivity index (χ0n) is 8.74. The second-order valence-corrected chi connectivity index (χ2v) is 3.38. The number of amides is 1. The lowest BCUT2D eigenvalue weighted by Crippen LogP contribution is -2.25. The van der Waals surface area contributed by atoms with Crippen LogP contribution in [0.1, 0.15) is 29.9 Å². The average molecular weight is 196 g/mol. The highest BCUT2D eigenvalue weighted by Gasteiger charge is 2.17. The van der Waals surface area contributed by atoms with Crippen LogP contribution < -0.4 is 11.5 Å². The van der Waals surface area contributed by atoms with E-state index in [4.69, 9.17) is 11.5 Å². The van der Waals surface area contributed by atoms with Crippen molar-refractivity contribution in [1.82, 2.24) is 9.78 Å². The zero-order valence-corrected chi connectivity index (χ0v) is 8.74. The lowest BCUT2D eigenvalue weighted by Gasteiger charge is -2.10. The molecule has 0 spiro atoms. The normalized spacial score (nSPS) is 12.9. The van der Waals surface area contributed by atoms with Gasteiger partial charge < -0.3 is 11.5 Å². The quantitative estimate of drug-likeness (QED) is 0.713. The van der Waals surface area contributed by atoms with Gasteiger partial charge in [-0.15, -0.1) is 0 Å². The van der Waals surface area contributed by atoms with Crippen molar-refractivity contribution in [2.75, 3.05) is 0 Å². The van der Waals surface area contributed by atoms with Crippen molar-refractivity contribution >= 4 is 5.91 Å². The van der Waals surface area contributed by atoms with E-state index < -0.39 is 6.04 Å². The Balaban J connectivity index is 3.17. The Kier molecular flexibility index (Phi) is 2.90. The van der Waals surface area contributed by atoms with Crippen molar-refractivity contribution in [1.29, 1.82) is 0 Å². The molecule has 4 N–H and O–H groups in total. The van der Waals surface area contributed by atoms with E-state index in [-0.39, 0.29) is 5.91 Å². The third-order valence-electron chi connectivity index (χ3n) is 2.46. The van der Waals surface area contributed by atoms with Crippen LogP contribution >= 0.6 is 0 Å². The van der Waals surface area contributed by atoms with Crippen LogP contribution in [0.15, 0.2) is 0 Å². The Morgan fingerprint density at radius 3 is 2.50 bits per heavy atom. The molecule has 0 saturated heterocycles. The Labute approximate surface area is 83.1 Å². The first kappa shape index (κ1) is 10.7. The first-order valence-electron chi connectivity index (χ1n) is 4.53. The first-order valence-corrected chi connectivity index (χ1v) is 4.53. The maximum atomic E-state index is 11.0. The van der Waals surface area contributed by atoms with E-state index in [1.165, 1.54) is 0 Å². The molecule has 5 nitrogen and oxygen atoms in total. The van der Waals surface area contributed by atoms with E-state index in [0.717, 1.165) is 17.0 Å². The number of aromatic nitrogens is 2. The third-order valence-corrected chi connectivity index (χ3v) is 2.46. The summed E-state index contributed by atoms with van der Waals surface area (Å²) in [5.41, 5.74) is 13.5. The second-order valence-electron chi connectivity index (χ2n) is 3.38. The van der Waals surface area contributed by atoms with E-state index >= 15 is 0 Å². The molecule has 0 aliphatic rings. The van der Waals surface area contributed by atoms with Gasteiger partial charge in [-0.05, 0) is 20.8 Å². The summed E-state index contributed by atoms with van der Waals surface area (Å²) >= 11 is 0. The van der Waals surface area contributed by atoms with Crippen molar-refractivity contribution in [3.8, 4) is 0 Å². The minimum absolute atomic E-state index is 0.390. The molecule has 1 heterocycles. The molecule has 0 fully saturated rings. The van der Waals surface area contributed by atoms with Gasteiger partial charge in [0.1, 0.15) is 6.04 Å². The average Bonchev–Trinajstić information content (AvgIpc) is 2.40. The summed E-state index contributed by atoms with van der Waals surface area (Å²) in [5, 5.41) is 4.24. The van der Waals surface area contributed by atoms with Crippen LogP contribution in [0.3, 0.4) is 0 Å². The zero-order chi connectivity index (χ0) is 10.9. The molecule has 78 valence electrons. The van der Waals surface area contributed by atoms with Gasteiger partial charge in [-0.1, -0.05) is 0 Å². The van der Waals surface area contributed by atoms with Gasteiger partial charge in [-0.2, -0.15) is 5.10 Å². The van der Waals surface area contributed by atoms with Crippen LogP contribution in [0.5, 0.6) is 0 Å². The number of carbonyl (C=O) groups excluding carboxylic acids is 1. The van der Waals surface area contributed by atoms with E-state index in [1.807, 2.05) is 13.8 Å². The molecule has 1 rings (SSSR count). The summed E-state index contributed by atoms with van der Waals surface area (Å²) in [5.74, 6) is -0.390. The lowest BCUT2D eigenvalue weighted by atomic mass is 10.2. The van der Waals surface area contributed by atoms with Crippen molar-refractivity contribution in [3.05, 3.63) is 17.0 Å². The summed E-state index contributed by atoms with van der Waals surface area (Å²) in [6.07, 6.45) is 0. The molecule has 0 bridgehead atoms. The number of primary amides is 1. The number of nitrogens with two attached hydrogens (primary N) is 2. The molecule has 1 atom stereocenters.